The van der Waals surface area contributed by atoms with Crippen LogP contribution in [0.5, 0.6) is 0 Å². The molecule has 6 heteroatoms. The first kappa shape index (κ1) is 19.6. The van der Waals surface area contributed by atoms with Crippen molar-refractivity contribution in [3.05, 3.63) is 0 Å². The van der Waals surface area contributed by atoms with E-state index in [2.05, 4.69) is 9.80 Å². The highest BCUT2D eigenvalue weighted by Crippen LogP contribution is 2.26. The van der Waals surface area contributed by atoms with Gasteiger partial charge in [0.2, 0.25) is 0 Å². The molecular formula is C20H34N2O4. The molecule has 2 saturated carbocycles. The lowest BCUT2D eigenvalue weighted by molar-refractivity contribution is -0.150. The van der Waals surface area contributed by atoms with Gasteiger partial charge in [0.15, 0.2) is 0 Å². The molecule has 0 aromatic carbocycles. The van der Waals surface area contributed by atoms with E-state index < -0.39 is 0 Å². The highest BCUT2D eigenvalue weighted by atomic mass is 16.5. The zero-order valence-corrected chi connectivity index (χ0v) is 16.0. The summed E-state index contributed by atoms with van der Waals surface area (Å²) in [6, 6.07) is 0. The van der Waals surface area contributed by atoms with E-state index in [9.17, 15) is 9.59 Å². The Kier molecular flexibility index (Phi) is 7.74. The third-order valence-corrected chi connectivity index (χ3v) is 6.15. The van der Waals surface area contributed by atoms with E-state index in [1.165, 1.54) is 0 Å². The standard InChI is InChI=1S/C20H34N2O4/c23-19(17-5-1-2-6-17)25-15-13-21-9-11-22(12-10-21)14-16-26-20(24)18-7-3-4-8-18/h17-18H,1-16H2. The predicted molar refractivity (Wildman–Crippen MR) is 98.7 cm³/mol. The van der Waals surface area contributed by atoms with Crippen LogP contribution in [-0.4, -0.2) is 74.2 Å². The maximum atomic E-state index is 11.9. The summed E-state index contributed by atoms with van der Waals surface area (Å²) in [6.45, 7) is 6.60. The molecule has 1 heterocycles. The molecule has 6 nitrogen and oxygen atoms in total. The van der Waals surface area contributed by atoms with Gasteiger partial charge in [0.05, 0.1) is 11.8 Å². The van der Waals surface area contributed by atoms with Crippen molar-refractivity contribution in [2.24, 2.45) is 11.8 Å². The van der Waals surface area contributed by atoms with Crippen molar-refractivity contribution in [3.8, 4) is 0 Å². The molecule has 0 radical (unpaired) electrons. The molecule has 0 spiro atoms. The molecular weight excluding hydrogens is 332 g/mol. The predicted octanol–water partition coefficient (Wildman–Crippen LogP) is 2.07. The van der Waals surface area contributed by atoms with Crippen molar-refractivity contribution in [3.63, 3.8) is 0 Å². The molecule has 0 atom stereocenters. The fraction of sp³-hybridized carbons (Fsp3) is 0.900. The first-order valence-electron chi connectivity index (χ1n) is 10.5. The molecule has 0 aromatic heterocycles. The fourth-order valence-corrected chi connectivity index (χ4v) is 4.35. The largest absolute Gasteiger partial charge is 0.464 e. The van der Waals surface area contributed by atoms with Crippen molar-refractivity contribution in [1.82, 2.24) is 9.80 Å². The third kappa shape index (κ3) is 5.95. The Morgan fingerprint density at radius 2 is 1.00 bits per heavy atom. The molecule has 0 bridgehead atoms. The number of hydrogen-bond donors (Lipinski definition) is 0. The zero-order valence-electron chi connectivity index (χ0n) is 16.0. The second kappa shape index (κ2) is 10.3. The number of hydrogen-bond acceptors (Lipinski definition) is 6. The fourth-order valence-electron chi connectivity index (χ4n) is 4.35. The van der Waals surface area contributed by atoms with Gasteiger partial charge in [0.1, 0.15) is 13.2 Å². The number of carbonyl (C=O) groups excluding carboxylic acids is 2. The second-order valence-corrected chi connectivity index (χ2v) is 7.98. The molecule has 3 fully saturated rings. The Labute approximate surface area is 157 Å². The van der Waals surface area contributed by atoms with Crippen molar-refractivity contribution < 1.29 is 19.1 Å². The quantitative estimate of drug-likeness (QED) is 0.613. The first-order chi connectivity index (χ1) is 12.7. The smallest absolute Gasteiger partial charge is 0.308 e. The van der Waals surface area contributed by atoms with Crippen molar-refractivity contribution in [2.45, 2.75) is 51.4 Å². The number of piperazine rings is 1. The maximum absolute atomic E-state index is 11.9. The summed E-state index contributed by atoms with van der Waals surface area (Å²) < 4.78 is 10.9. The van der Waals surface area contributed by atoms with E-state index in [1.54, 1.807) is 0 Å². The number of ether oxygens (including phenoxy) is 2. The maximum Gasteiger partial charge on any atom is 0.308 e. The van der Waals surface area contributed by atoms with Crippen LogP contribution in [0.25, 0.3) is 0 Å². The zero-order chi connectivity index (χ0) is 18.2. The Hall–Kier alpha value is -1.14. The van der Waals surface area contributed by atoms with Crippen LogP contribution >= 0.6 is 0 Å². The number of esters is 2. The molecule has 0 amide bonds. The number of nitrogens with zero attached hydrogens (tertiary/aromatic N) is 2. The summed E-state index contributed by atoms with van der Waals surface area (Å²) in [4.78, 5) is 28.5. The highest BCUT2D eigenvalue weighted by Gasteiger charge is 2.25. The van der Waals surface area contributed by atoms with Gasteiger partial charge in [-0.05, 0) is 25.7 Å². The molecule has 1 aliphatic heterocycles. The number of rotatable bonds is 8. The SMILES string of the molecule is O=C(OCCN1CCN(CCOC(=O)C2CCCC2)CC1)C1CCCC1. The van der Waals surface area contributed by atoms with E-state index >= 15 is 0 Å². The lowest BCUT2D eigenvalue weighted by Crippen LogP contribution is -2.48. The van der Waals surface area contributed by atoms with Crippen LogP contribution in [0.3, 0.4) is 0 Å². The van der Waals surface area contributed by atoms with Crippen LogP contribution in [0.15, 0.2) is 0 Å². The Bertz CT molecular complexity index is 409. The summed E-state index contributed by atoms with van der Waals surface area (Å²) >= 11 is 0. The average Bonchev–Trinajstić information content (AvgIpc) is 3.37. The molecule has 0 unspecified atom stereocenters. The van der Waals surface area contributed by atoms with E-state index in [0.717, 1.165) is 90.6 Å². The number of carbonyl (C=O) groups is 2. The first-order valence-corrected chi connectivity index (χ1v) is 10.5. The molecule has 2 aliphatic carbocycles. The van der Waals surface area contributed by atoms with Gasteiger partial charge in [-0.2, -0.15) is 0 Å². The molecule has 26 heavy (non-hydrogen) atoms. The van der Waals surface area contributed by atoms with Crippen LogP contribution < -0.4 is 0 Å². The topological polar surface area (TPSA) is 59.1 Å². The normalized spacial score (nSPS) is 23.4. The van der Waals surface area contributed by atoms with Gasteiger partial charge in [0.25, 0.3) is 0 Å². The summed E-state index contributed by atoms with van der Waals surface area (Å²) in [5.41, 5.74) is 0. The Balaban J connectivity index is 1.21. The van der Waals surface area contributed by atoms with E-state index in [4.69, 9.17) is 9.47 Å². The third-order valence-electron chi connectivity index (χ3n) is 6.15. The van der Waals surface area contributed by atoms with Crippen molar-refractivity contribution in [2.75, 3.05) is 52.5 Å². The van der Waals surface area contributed by atoms with Crippen LogP contribution in [0.2, 0.25) is 0 Å². The van der Waals surface area contributed by atoms with Crippen LogP contribution in [0.1, 0.15) is 51.4 Å². The lowest BCUT2D eigenvalue weighted by Gasteiger charge is -2.34. The van der Waals surface area contributed by atoms with Gasteiger partial charge in [-0.3, -0.25) is 19.4 Å². The summed E-state index contributed by atoms with van der Waals surface area (Å²) in [5, 5.41) is 0. The minimum absolute atomic E-state index is 0.00483. The van der Waals surface area contributed by atoms with Gasteiger partial charge < -0.3 is 9.47 Å². The van der Waals surface area contributed by atoms with Gasteiger partial charge in [0, 0.05) is 39.3 Å². The van der Waals surface area contributed by atoms with Crippen LogP contribution in [0, 0.1) is 11.8 Å². The molecule has 0 N–H and O–H groups in total. The molecule has 3 rings (SSSR count). The summed E-state index contributed by atoms with van der Waals surface area (Å²) in [6.07, 6.45) is 8.67. The Morgan fingerprint density at radius 1 is 0.654 bits per heavy atom. The highest BCUT2D eigenvalue weighted by molar-refractivity contribution is 5.73. The monoisotopic (exact) mass is 366 g/mol. The molecule has 3 aliphatic rings. The second-order valence-electron chi connectivity index (χ2n) is 7.98. The van der Waals surface area contributed by atoms with Crippen LogP contribution in [0.4, 0.5) is 0 Å². The van der Waals surface area contributed by atoms with E-state index in [-0.39, 0.29) is 23.8 Å². The minimum atomic E-state index is 0.00483. The summed E-state index contributed by atoms with van der Waals surface area (Å²) in [7, 11) is 0. The molecule has 148 valence electrons. The lowest BCUT2D eigenvalue weighted by atomic mass is 10.1. The summed E-state index contributed by atoms with van der Waals surface area (Å²) in [5.74, 6) is 0.313. The van der Waals surface area contributed by atoms with Gasteiger partial charge in [-0.25, -0.2) is 0 Å². The van der Waals surface area contributed by atoms with Gasteiger partial charge in [-0.15, -0.1) is 0 Å². The molecule has 0 aromatic rings. The minimum Gasteiger partial charge on any atom is -0.464 e. The van der Waals surface area contributed by atoms with E-state index in [0.29, 0.717) is 13.2 Å². The Morgan fingerprint density at radius 3 is 1.35 bits per heavy atom. The van der Waals surface area contributed by atoms with E-state index in [1.807, 2.05) is 0 Å². The average molecular weight is 367 g/mol. The van der Waals surface area contributed by atoms with Crippen molar-refractivity contribution in [1.29, 1.82) is 0 Å². The van der Waals surface area contributed by atoms with Gasteiger partial charge >= 0.3 is 11.9 Å². The van der Waals surface area contributed by atoms with Gasteiger partial charge in [-0.1, -0.05) is 25.7 Å². The van der Waals surface area contributed by atoms with Crippen molar-refractivity contribution >= 4 is 11.9 Å². The molecule has 1 saturated heterocycles. The van der Waals surface area contributed by atoms with Crippen LogP contribution in [-0.2, 0) is 19.1 Å².